The molecule has 0 aliphatic carbocycles. The molecule has 1 aliphatic rings. The van der Waals surface area contributed by atoms with Crippen LogP contribution in [0.4, 0.5) is 8.78 Å². The molecular weight excluding hydrogens is 386 g/mol. The molecule has 1 aromatic heterocycles. The van der Waals surface area contributed by atoms with E-state index in [0.717, 1.165) is 0 Å². The van der Waals surface area contributed by atoms with E-state index in [1.807, 2.05) is 0 Å². The van der Waals surface area contributed by atoms with Crippen LogP contribution in [0, 0.1) is 5.82 Å². The number of nitrogens with zero attached hydrogens (tertiary/aromatic N) is 3. The number of likely N-dealkylation sites (tertiary alicyclic amines) is 1. The zero-order chi connectivity index (χ0) is 21.3. The van der Waals surface area contributed by atoms with Crippen molar-refractivity contribution in [3.63, 3.8) is 0 Å². The smallest absolute Gasteiger partial charge is 0.294 e. The number of benzene rings is 1. The maximum absolute atomic E-state index is 13.8. The Morgan fingerprint density at radius 3 is 2.62 bits per heavy atom. The second-order valence-electron chi connectivity index (χ2n) is 6.96. The quantitative estimate of drug-likeness (QED) is 0.801. The minimum Gasteiger partial charge on any atom is -0.501 e. The number of nitrogens with one attached hydrogen (secondary N) is 1. The minimum atomic E-state index is -1.29. The first-order chi connectivity index (χ1) is 13.7. The summed E-state index contributed by atoms with van der Waals surface area (Å²) < 4.78 is 26.9. The summed E-state index contributed by atoms with van der Waals surface area (Å²) in [6, 6.07) is 4.65. The van der Waals surface area contributed by atoms with Crippen LogP contribution in [-0.4, -0.2) is 56.5 Å². The molecule has 0 radical (unpaired) electrons. The molecule has 1 aromatic carbocycles. The number of hydrogen-bond donors (Lipinski definition) is 2. The van der Waals surface area contributed by atoms with Crippen molar-refractivity contribution in [2.24, 2.45) is 0 Å². The Balaban J connectivity index is 1.90. The number of aromatic amines is 1. The molecule has 29 heavy (non-hydrogen) atoms. The molecule has 0 bridgehead atoms. The van der Waals surface area contributed by atoms with E-state index < -0.39 is 46.8 Å². The molecule has 154 valence electrons. The van der Waals surface area contributed by atoms with Gasteiger partial charge < -0.3 is 19.9 Å². The van der Waals surface area contributed by atoms with Crippen molar-refractivity contribution in [2.45, 2.75) is 32.1 Å². The Kier molecular flexibility index (Phi) is 5.62. The number of rotatable bonds is 4. The summed E-state index contributed by atoms with van der Waals surface area (Å²) in [6.45, 7) is 1.21. The van der Waals surface area contributed by atoms with Gasteiger partial charge in [-0.15, -0.1) is 0 Å². The summed E-state index contributed by atoms with van der Waals surface area (Å²) in [6.07, 6.45) is -1.37. The van der Waals surface area contributed by atoms with Gasteiger partial charge in [-0.05, 0) is 17.7 Å². The number of aromatic hydroxyl groups is 1. The average molecular weight is 406 g/mol. The van der Waals surface area contributed by atoms with E-state index in [1.165, 1.54) is 48.0 Å². The Morgan fingerprint density at radius 1 is 1.34 bits per heavy atom. The second kappa shape index (κ2) is 7.98. The van der Waals surface area contributed by atoms with Crippen molar-refractivity contribution in [1.82, 2.24) is 19.8 Å². The summed E-state index contributed by atoms with van der Waals surface area (Å²) >= 11 is 0. The highest BCUT2D eigenvalue weighted by Gasteiger charge is 2.37. The fraction of sp³-hybridized carbons (Fsp3) is 0.368. The lowest BCUT2D eigenvalue weighted by Gasteiger charge is -2.23. The molecule has 1 saturated heterocycles. The molecule has 10 heteroatoms. The third-order valence-corrected chi connectivity index (χ3v) is 4.77. The highest BCUT2D eigenvalue weighted by atomic mass is 19.1. The molecule has 2 N–H and O–H groups in total. The van der Waals surface area contributed by atoms with Crippen LogP contribution in [0.1, 0.15) is 41.3 Å². The zero-order valence-electron chi connectivity index (χ0n) is 15.9. The molecule has 1 fully saturated rings. The van der Waals surface area contributed by atoms with Crippen LogP contribution >= 0.6 is 0 Å². The molecule has 2 amide bonds. The van der Waals surface area contributed by atoms with Crippen LogP contribution in [0.3, 0.4) is 0 Å². The van der Waals surface area contributed by atoms with E-state index in [9.17, 15) is 28.3 Å². The normalized spacial score (nSPS) is 18.7. The molecule has 0 saturated carbocycles. The van der Waals surface area contributed by atoms with Gasteiger partial charge in [0.25, 0.3) is 11.5 Å². The summed E-state index contributed by atoms with van der Waals surface area (Å²) in [5, 5.41) is 10.1. The van der Waals surface area contributed by atoms with E-state index in [2.05, 4.69) is 9.97 Å². The summed E-state index contributed by atoms with van der Waals surface area (Å²) in [4.78, 5) is 45.5. The number of aromatic nitrogens is 2. The lowest BCUT2D eigenvalue weighted by molar-refractivity contribution is -0.130. The monoisotopic (exact) mass is 406 g/mol. The molecule has 3 rings (SSSR count). The highest BCUT2D eigenvalue weighted by molar-refractivity contribution is 5.94. The number of H-pyrrole nitrogens is 1. The van der Waals surface area contributed by atoms with Crippen LogP contribution in [-0.2, 0) is 11.3 Å². The number of carbonyl (C=O) groups excluding carboxylic acids is 2. The number of hydrogen-bond acceptors (Lipinski definition) is 5. The Bertz CT molecular complexity index is 993. The lowest BCUT2D eigenvalue weighted by Crippen LogP contribution is -2.33. The summed E-state index contributed by atoms with van der Waals surface area (Å²) in [5.41, 5.74) is -0.830. The first-order valence-electron chi connectivity index (χ1n) is 8.91. The Morgan fingerprint density at radius 2 is 2.00 bits per heavy atom. The Hall–Kier alpha value is -3.30. The first kappa shape index (κ1) is 20.4. The Labute approximate surface area is 164 Å². The fourth-order valence-electron chi connectivity index (χ4n) is 3.30. The van der Waals surface area contributed by atoms with Gasteiger partial charge in [0.1, 0.15) is 17.8 Å². The fourth-order valence-corrected chi connectivity index (χ4v) is 3.30. The van der Waals surface area contributed by atoms with Gasteiger partial charge in [-0.25, -0.2) is 13.8 Å². The van der Waals surface area contributed by atoms with Crippen molar-refractivity contribution in [3.05, 3.63) is 57.5 Å². The van der Waals surface area contributed by atoms with Crippen LogP contribution in [0.2, 0.25) is 0 Å². The van der Waals surface area contributed by atoms with Gasteiger partial charge in [0.05, 0.1) is 12.6 Å². The molecule has 8 nitrogen and oxygen atoms in total. The topological polar surface area (TPSA) is 107 Å². The van der Waals surface area contributed by atoms with Crippen LogP contribution in [0.5, 0.6) is 5.75 Å². The van der Waals surface area contributed by atoms with E-state index in [4.69, 9.17) is 0 Å². The van der Waals surface area contributed by atoms with Crippen molar-refractivity contribution in [1.29, 1.82) is 0 Å². The van der Waals surface area contributed by atoms with Gasteiger partial charge in [-0.1, -0.05) is 12.1 Å². The minimum absolute atomic E-state index is 0.0679. The largest absolute Gasteiger partial charge is 0.501 e. The molecule has 2 heterocycles. The van der Waals surface area contributed by atoms with Crippen LogP contribution < -0.4 is 5.56 Å². The number of carbonyl (C=O) groups is 2. The van der Waals surface area contributed by atoms with Gasteiger partial charge in [0.15, 0.2) is 5.69 Å². The zero-order valence-corrected chi connectivity index (χ0v) is 15.9. The highest BCUT2D eigenvalue weighted by Crippen LogP contribution is 2.32. The van der Waals surface area contributed by atoms with Gasteiger partial charge in [0.2, 0.25) is 11.7 Å². The van der Waals surface area contributed by atoms with Gasteiger partial charge in [0, 0.05) is 26.9 Å². The SMILES string of the molecule is CC(=O)N1C[C@@H](F)C[C@H]1c1nc(C(=O)N(C)Cc2ccc(F)cc2)c(O)c(=O)[nH]1. The van der Waals surface area contributed by atoms with Crippen LogP contribution in [0.15, 0.2) is 29.1 Å². The third kappa shape index (κ3) is 4.25. The average Bonchev–Trinajstić information content (AvgIpc) is 3.07. The molecule has 2 aromatic rings. The molecular formula is C19H20F2N4O4. The predicted molar refractivity (Wildman–Crippen MR) is 98.4 cm³/mol. The van der Waals surface area contributed by atoms with E-state index >= 15 is 0 Å². The summed E-state index contributed by atoms with van der Waals surface area (Å²) in [7, 11) is 1.43. The van der Waals surface area contributed by atoms with Gasteiger partial charge in [-0.3, -0.25) is 14.4 Å². The number of halogens is 2. The van der Waals surface area contributed by atoms with E-state index in [-0.39, 0.29) is 25.3 Å². The molecule has 0 unspecified atom stereocenters. The lowest BCUT2D eigenvalue weighted by atomic mass is 10.1. The van der Waals surface area contributed by atoms with Crippen molar-refractivity contribution >= 4 is 11.8 Å². The first-order valence-corrected chi connectivity index (χ1v) is 8.91. The predicted octanol–water partition coefficient (Wildman–Crippen LogP) is 1.52. The van der Waals surface area contributed by atoms with Gasteiger partial charge >= 0.3 is 0 Å². The second-order valence-corrected chi connectivity index (χ2v) is 6.96. The van der Waals surface area contributed by atoms with Gasteiger partial charge in [-0.2, -0.15) is 0 Å². The van der Waals surface area contributed by atoms with Crippen LogP contribution in [0.25, 0.3) is 0 Å². The third-order valence-electron chi connectivity index (χ3n) is 4.77. The van der Waals surface area contributed by atoms with Crippen molar-refractivity contribution in [2.75, 3.05) is 13.6 Å². The van der Waals surface area contributed by atoms with Crippen molar-refractivity contribution in [3.8, 4) is 5.75 Å². The summed E-state index contributed by atoms with van der Waals surface area (Å²) in [5.74, 6) is -2.50. The molecule has 1 aliphatic heterocycles. The standard InChI is InChI=1S/C19H20F2N4O4/c1-10(26)25-9-13(21)7-14(25)17-22-15(16(27)18(28)23-17)19(29)24(2)8-11-3-5-12(20)6-4-11/h3-6,13-14,27H,7-9H2,1-2H3,(H,22,23,28)/t13-,14-/m0/s1. The van der Waals surface area contributed by atoms with E-state index in [1.54, 1.807) is 0 Å². The molecule has 0 spiro atoms. The van der Waals surface area contributed by atoms with E-state index in [0.29, 0.717) is 5.56 Å². The molecule has 2 atom stereocenters. The maximum Gasteiger partial charge on any atom is 0.294 e. The maximum atomic E-state index is 13.8. The number of amides is 2. The number of alkyl halides is 1. The van der Waals surface area contributed by atoms with Crippen molar-refractivity contribution < 1.29 is 23.5 Å².